The van der Waals surface area contributed by atoms with E-state index in [1.165, 1.54) is 38.5 Å². The maximum absolute atomic E-state index is 10.8. The summed E-state index contributed by atoms with van der Waals surface area (Å²) in [6.45, 7) is 2.23. The quantitative estimate of drug-likeness (QED) is 0.222. The molecule has 5 nitrogen and oxygen atoms in total. The van der Waals surface area contributed by atoms with Gasteiger partial charge in [0, 0.05) is 6.42 Å². The molecule has 132 valence electrons. The van der Waals surface area contributed by atoms with Crippen molar-refractivity contribution in [2.24, 2.45) is 0 Å². The van der Waals surface area contributed by atoms with Crippen LogP contribution in [0.1, 0.15) is 77.6 Å². The fourth-order valence-corrected chi connectivity index (χ4v) is 2.85. The summed E-state index contributed by atoms with van der Waals surface area (Å²) in [7, 11) is 0. The van der Waals surface area contributed by atoms with Crippen LogP contribution in [0.15, 0.2) is 12.2 Å². The Balaban J connectivity index is 1.36. The standard InChI is InChI=1S/C18H30O5/c1-2-3-9-12-15-16(21-15)13-10-7-5-4-6-8-11-14-18(17(19)20)22-23-18/h10,13,15-16H,2-9,11-12,14H2,1H3,(H,19,20)/b13-10+. The zero-order valence-electron chi connectivity index (χ0n) is 14.2. The maximum atomic E-state index is 10.8. The van der Waals surface area contributed by atoms with Crippen molar-refractivity contribution in [1.29, 1.82) is 0 Å². The summed E-state index contributed by atoms with van der Waals surface area (Å²) >= 11 is 0. The van der Waals surface area contributed by atoms with Gasteiger partial charge in [-0.3, -0.25) is 0 Å². The number of hydrogen-bond donors (Lipinski definition) is 1. The molecule has 2 unspecified atom stereocenters. The van der Waals surface area contributed by atoms with E-state index in [2.05, 4.69) is 28.9 Å². The molecule has 0 aromatic heterocycles. The average molecular weight is 326 g/mol. The molecule has 2 aliphatic rings. The molecule has 2 rings (SSSR count). The Hall–Kier alpha value is -0.910. The van der Waals surface area contributed by atoms with Gasteiger partial charge in [-0.15, -0.1) is 0 Å². The number of carbonyl (C=O) groups is 1. The third-order valence-electron chi connectivity index (χ3n) is 4.53. The highest BCUT2D eigenvalue weighted by Crippen LogP contribution is 2.35. The van der Waals surface area contributed by atoms with Crippen LogP contribution in [-0.2, 0) is 19.3 Å². The zero-order valence-corrected chi connectivity index (χ0v) is 14.2. The van der Waals surface area contributed by atoms with Gasteiger partial charge in [0.1, 0.15) is 6.10 Å². The van der Waals surface area contributed by atoms with E-state index in [0.29, 0.717) is 18.6 Å². The molecule has 2 atom stereocenters. The van der Waals surface area contributed by atoms with Crippen LogP contribution in [0.5, 0.6) is 0 Å². The van der Waals surface area contributed by atoms with Crippen LogP contribution >= 0.6 is 0 Å². The lowest BCUT2D eigenvalue weighted by Crippen LogP contribution is -2.23. The molecule has 0 bridgehead atoms. The van der Waals surface area contributed by atoms with Gasteiger partial charge in [0.2, 0.25) is 0 Å². The van der Waals surface area contributed by atoms with Crippen molar-refractivity contribution in [1.82, 2.24) is 0 Å². The van der Waals surface area contributed by atoms with Crippen molar-refractivity contribution < 1.29 is 24.4 Å². The first kappa shape index (κ1) is 18.4. The van der Waals surface area contributed by atoms with Crippen LogP contribution in [0.4, 0.5) is 0 Å². The second kappa shape index (κ2) is 9.40. The number of hydrogen-bond acceptors (Lipinski definition) is 4. The molecule has 0 aromatic rings. The van der Waals surface area contributed by atoms with E-state index in [1.54, 1.807) is 0 Å². The molecule has 5 heteroatoms. The van der Waals surface area contributed by atoms with E-state index in [0.717, 1.165) is 25.7 Å². The third kappa shape index (κ3) is 6.61. The SMILES string of the molecule is CCCCCC1OC1/C=C/CCCCCCCC1(C(=O)O)OO1. The fourth-order valence-electron chi connectivity index (χ4n) is 2.85. The smallest absolute Gasteiger partial charge is 0.370 e. The van der Waals surface area contributed by atoms with Gasteiger partial charge in [0.05, 0.1) is 6.10 Å². The van der Waals surface area contributed by atoms with E-state index < -0.39 is 11.8 Å². The van der Waals surface area contributed by atoms with Crippen molar-refractivity contribution >= 4 is 5.97 Å². The van der Waals surface area contributed by atoms with Crippen LogP contribution < -0.4 is 0 Å². The first-order valence-electron chi connectivity index (χ1n) is 9.10. The summed E-state index contributed by atoms with van der Waals surface area (Å²) in [6, 6.07) is 0. The summed E-state index contributed by atoms with van der Waals surface area (Å²) < 4.78 is 5.62. The van der Waals surface area contributed by atoms with Crippen molar-refractivity contribution in [3.8, 4) is 0 Å². The molecular weight excluding hydrogens is 296 g/mol. The first-order chi connectivity index (χ1) is 11.2. The minimum atomic E-state index is -1.32. The van der Waals surface area contributed by atoms with Crippen LogP contribution in [0.25, 0.3) is 0 Å². The Morgan fingerprint density at radius 3 is 2.52 bits per heavy atom. The molecule has 0 amide bonds. The van der Waals surface area contributed by atoms with Gasteiger partial charge in [-0.05, 0) is 25.7 Å². The Morgan fingerprint density at radius 2 is 1.83 bits per heavy atom. The lowest BCUT2D eigenvalue weighted by atomic mass is 10.1. The largest absolute Gasteiger partial charge is 0.477 e. The van der Waals surface area contributed by atoms with E-state index in [1.807, 2.05) is 0 Å². The van der Waals surface area contributed by atoms with Gasteiger partial charge < -0.3 is 9.84 Å². The van der Waals surface area contributed by atoms with Gasteiger partial charge in [-0.2, -0.15) is 9.78 Å². The summed E-state index contributed by atoms with van der Waals surface area (Å²) in [6.07, 6.45) is 17.3. The van der Waals surface area contributed by atoms with Gasteiger partial charge in [-0.25, -0.2) is 4.79 Å². The van der Waals surface area contributed by atoms with Crippen LogP contribution in [0, 0.1) is 0 Å². The highest BCUT2D eigenvalue weighted by molar-refractivity contribution is 5.76. The predicted molar refractivity (Wildman–Crippen MR) is 86.8 cm³/mol. The molecule has 2 heterocycles. The molecular formula is C18H30O5. The molecule has 23 heavy (non-hydrogen) atoms. The van der Waals surface area contributed by atoms with Gasteiger partial charge in [0.15, 0.2) is 0 Å². The van der Waals surface area contributed by atoms with E-state index in [-0.39, 0.29) is 0 Å². The topological polar surface area (TPSA) is 74.9 Å². The number of ether oxygens (including phenoxy) is 1. The maximum Gasteiger partial charge on any atom is 0.370 e. The lowest BCUT2D eigenvalue weighted by Gasteiger charge is -2.02. The number of carboxylic acid groups (broad SMARTS) is 1. The highest BCUT2D eigenvalue weighted by atomic mass is 17.4. The Bertz CT molecular complexity index is 389. The summed E-state index contributed by atoms with van der Waals surface area (Å²) in [5, 5.41) is 8.86. The van der Waals surface area contributed by atoms with Crippen LogP contribution in [0.2, 0.25) is 0 Å². The van der Waals surface area contributed by atoms with Crippen molar-refractivity contribution in [3.05, 3.63) is 12.2 Å². The molecule has 0 aromatic carbocycles. The van der Waals surface area contributed by atoms with E-state index in [4.69, 9.17) is 9.84 Å². The predicted octanol–water partition coefficient (Wildman–Crippen LogP) is 4.36. The number of carboxylic acids is 1. The Kier molecular flexibility index (Phi) is 7.53. The molecule has 0 saturated carbocycles. The molecule has 1 N–H and O–H groups in total. The van der Waals surface area contributed by atoms with Crippen molar-refractivity contribution in [2.75, 3.05) is 0 Å². The summed E-state index contributed by atoms with van der Waals surface area (Å²) in [4.78, 5) is 19.9. The first-order valence-corrected chi connectivity index (χ1v) is 9.10. The second-order valence-electron chi connectivity index (χ2n) is 6.59. The highest BCUT2D eigenvalue weighted by Gasteiger charge is 2.56. The number of aliphatic carboxylic acids is 1. The Labute approximate surface area is 138 Å². The summed E-state index contributed by atoms with van der Waals surface area (Å²) in [5.41, 5.74) is 0. The molecule has 2 aliphatic heterocycles. The zero-order chi connectivity index (χ0) is 16.5. The molecule has 2 fully saturated rings. The number of rotatable bonds is 14. The van der Waals surface area contributed by atoms with Crippen molar-refractivity contribution in [2.45, 2.75) is 95.5 Å². The number of epoxide rings is 1. The van der Waals surface area contributed by atoms with Gasteiger partial charge >= 0.3 is 11.8 Å². The van der Waals surface area contributed by atoms with Crippen molar-refractivity contribution in [3.63, 3.8) is 0 Å². The monoisotopic (exact) mass is 326 g/mol. The fraction of sp³-hybridized carbons (Fsp3) is 0.833. The molecule has 0 spiro atoms. The number of unbranched alkanes of at least 4 members (excludes halogenated alkanes) is 7. The van der Waals surface area contributed by atoms with E-state index in [9.17, 15) is 4.79 Å². The van der Waals surface area contributed by atoms with E-state index >= 15 is 0 Å². The van der Waals surface area contributed by atoms with Gasteiger partial charge in [0.25, 0.3) is 0 Å². The minimum Gasteiger partial charge on any atom is -0.477 e. The van der Waals surface area contributed by atoms with Crippen LogP contribution in [0.3, 0.4) is 0 Å². The second-order valence-corrected chi connectivity index (χ2v) is 6.59. The Morgan fingerprint density at radius 1 is 1.09 bits per heavy atom. The van der Waals surface area contributed by atoms with Crippen LogP contribution in [-0.4, -0.2) is 29.1 Å². The minimum absolute atomic E-state index is 0.373. The molecule has 0 radical (unpaired) electrons. The van der Waals surface area contributed by atoms with Gasteiger partial charge in [-0.1, -0.05) is 57.6 Å². The third-order valence-corrected chi connectivity index (χ3v) is 4.53. The number of allylic oxidation sites excluding steroid dienone is 1. The average Bonchev–Trinajstić information content (AvgIpc) is 3.42. The molecule has 0 aliphatic carbocycles. The summed E-state index contributed by atoms with van der Waals surface area (Å²) in [5.74, 6) is -2.33. The normalized spacial score (nSPS) is 24.9. The molecule has 2 saturated heterocycles. The lowest BCUT2D eigenvalue weighted by molar-refractivity contribution is -0.144.